The average molecular weight is 754 g/mol. The molecule has 7 rings (SSSR count). The van der Waals surface area contributed by atoms with E-state index in [9.17, 15) is 4.39 Å². The van der Waals surface area contributed by atoms with Crippen LogP contribution in [0.2, 0.25) is 0 Å². The van der Waals surface area contributed by atoms with E-state index >= 15 is 0 Å². The molecule has 0 amide bonds. The van der Waals surface area contributed by atoms with Gasteiger partial charge in [-0.05, 0) is 62.7 Å². The molecule has 1 aliphatic rings. The van der Waals surface area contributed by atoms with Crippen LogP contribution in [0, 0.1) is 17.9 Å². The van der Waals surface area contributed by atoms with Crippen molar-refractivity contribution in [3.8, 4) is 33.6 Å². The minimum Gasteiger partial charge on any atom is -0.305 e. The smallest absolute Gasteiger partial charge is 0.139 e. The van der Waals surface area contributed by atoms with Crippen LogP contribution in [0.4, 0.5) is 4.39 Å². The Morgan fingerprint density at radius 1 is 0.614 bits per heavy atom. The number of hydrogen-bond donors (Lipinski definition) is 0. The number of pyridine rings is 3. The summed E-state index contributed by atoms with van der Waals surface area (Å²) in [4.78, 5) is 13.1. The molecule has 1 aliphatic carbocycles. The van der Waals surface area contributed by atoms with Crippen molar-refractivity contribution in [2.75, 3.05) is 0 Å². The summed E-state index contributed by atoms with van der Waals surface area (Å²) in [6.45, 7) is 8.90. The predicted octanol–water partition coefficient (Wildman–Crippen LogP) is 9.26. The summed E-state index contributed by atoms with van der Waals surface area (Å²) < 4.78 is 13.3. The molecule has 0 N–H and O–H groups in total. The van der Waals surface area contributed by atoms with Gasteiger partial charge in [-0.25, -0.2) is 4.39 Å². The zero-order chi connectivity index (χ0) is 30.0. The molecule has 0 unspecified atom stereocenters. The molecular weight excluding hydrogens is 722 g/mol. The molecule has 0 atom stereocenters. The Morgan fingerprint density at radius 3 is 2.14 bits per heavy atom. The number of fused-ring (bicyclic) bond motifs is 2. The van der Waals surface area contributed by atoms with E-state index in [4.69, 9.17) is 0 Å². The number of rotatable bonds is 3. The minimum absolute atomic E-state index is 0. The van der Waals surface area contributed by atoms with Crippen molar-refractivity contribution >= 4 is 0 Å². The summed E-state index contributed by atoms with van der Waals surface area (Å²) in [5, 5.41) is 0. The number of aromatic nitrogens is 3. The predicted molar refractivity (Wildman–Crippen MR) is 171 cm³/mol. The second-order valence-electron chi connectivity index (χ2n) is 11.7. The molecule has 0 saturated carbocycles. The van der Waals surface area contributed by atoms with Crippen molar-refractivity contribution in [1.29, 1.82) is 0 Å². The van der Waals surface area contributed by atoms with Gasteiger partial charge < -0.3 is 9.97 Å². The first-order valence-corrected chi connectivity index (χ1v) is 14.4. The SMILES string of the molecule is CC1(C)c2cnccc2C(C)(C)c2c(-c3ccc(F)cn3)[c-]ccc21.[Ir].[c-]1ccccc1-c1cc(-c2ccccc2)ccn1. The Morgan fingerprint density at radius 2 is 1.41 bits per heavy atom. The van der Waals surface area contributed by atoms with Gasteiger partial charge in [-0.1, -0.05) is 70.2 Å². The molecular formula is C39H32FIrN3-2. The number of benzene rings is 3. The Bertz CT molecular complexity index is 1810. The number of nitrogens with zero attached hydrogens (tertiary/aromatic N) is 3. The van der Waals surface area contributed by atoms with Crippen molar-refractivity contribution in [1.82, 2.24) is 15.0 Å². The van der Waals surface area contributed by atoms with E-state index in [0.29, 0.717) is 0 Å². The fraction of sp³-hybridized carbons (Fsp3) is 0.154. The zero-order valence-electron chi connectivity index (χ0n) is 25.1. The fourth-order valence-corrected chi connectivity index (χ4v) is 6.05. The van der Waals surface area contributed by atoms with Crippen molar-refractivity contribution in [3.05, 3.63) is 162 Å². The van der Waals surface area contributed by atoms with Crippen LogP contribution in [-0.4, -0.2) is 15.0 Å². The molecule has 3 aromatic carbocycles. The van der Waals surface area contributed by atoms with Crippen LogP contribution in [0.15, 0.2) is 122 Å². The first-order chi connectivity index (χ1) is 20.8. The fourth-order valence-electron chi connectivity index (χ4n) is 6.05. The maximum absolute atomic E-state index is 13.3. The summed E-state index contributed by atoms with van der Waals surface area (Å²) in [6, 6.07) is 38.3. The molecule has 0 spiro atoms. The van der Waals surface area contributed by atoms with Crippen LogP contribution in [-0.2, 0) is 30.9 Å². The molecule has 0 aliphatic heterocycles. The van der Waals surface area contributed by atoms with Gasteiger partial charge in [-0.3, -0.25) is 4.98 Å². The maximum Gasteiger partial charge on any atom is 0.139 e. The number of halogens is 1. The van der Waals surface area contributed by atoms with Gasteiger partial charge >= 0.3 is 0 Å². The van der Waals surface area contributed by atoms with Crippen LogP contribution in [0.5, 0.6) is 0 Å². The minimum atomic E-state index is -0.329. The molecule has 44 heavy (non-hydrogen) atoms. The van der Waals surface area contributed by atoms with Crippen LogP contribution in [0.1, 0.15) is 49.9 Å². The van der Waals surface area contributed by atoms with Gasteiger partial charge in [0.05, 0.1) is 6.20 Å². The summed E-state index contributed by atoms with van der Waals surface area (Å²) in [5.74, 6) is -0.329. The molecule has 1 radical (unpaired) electrons. The van der Waals surface area contributed by atoms with Crippen molar-refractivity contribution in [2.24, 2.45) is 0 Å². The molecule has 3 aromatic heterocycles. The van der Waals surface area contributed by atoms with Gasteiger partial charge in [-0.15, -0.1) is 70.8 Å². The molecule has 0 saturated heterocycles. The molecule has 0 bridgehead atoms. The van der Waals surface area contributed by atoms with Gasteiger partial charge in [0.25, 0.3) is 0 Å². The standard InChI is InChI=1S/C22H20FN2.C17H12N.Ir/c1-21(2)17-7-5-6-15(19-9-8-14(23)12-25-19)20(17)22(3,4)16-10-11-24-13-18(16)21;1-3-7-14(8-4-1)16-11-12-18-17(13-16)15-9-5-2-6-10-15;/h5,7-13H,1-4H3;1-9,11-13H;/q2*-1;. The third-order valence-corrected chi connectivity index (χ3v) is 8.30. The molecule has 6 aromatic rings. The van der Waals surface area contributed by atoms with Crippen molar-refractivity contribution in [3.63, 3.8) is 0 Å². The second-order valence-corrected chi connectivity index (χ2v) is 11.7. The normalized spacial score (nSPS) is 13.8. The van der Waals surface area contributed by atoms with Crippen LogP contribution >= 0.6 is 0 Å². The van der Waals surface area contributed by atoms with E-state index in [2.05, 4.69) is 85.1 Å². The monoisotopic (exact) mass is 754 g/mol. The number of hydrogen-bond acceptors (Lipinski definition) is 3. The average Bonchev–Trinajstić information content (AvgIpc) is 3.05. The van der Waals surface area contributed by atoms with Crippen LogP contribution in [0.25, 0.3) is 33.6 Å². The van der Waals surface area contributed by atoms with Crippen molar-refractivity contribution < 1.29 is 24.5 Å². The van der Waals surface area contributed by atoms with Crippen molar-refractivity contribution in [2.45, 2.75) is 38.5 Å². The van der Waals surface area contributed by atoms with Crippen LogP contribution in [0.3, 0.4) is 0 Å². The summed E-state index contributed by atoms with van der Waals surface area (Å²) in [7, 11) is 0. The Balaban J connectivity index is 0.000000179. The van der Waals surface area contributed by atoms with Crippen LogP contribution < -0.4 is 0 Å². The van der Waals surface area contributed by atoms with Gasteiger partial charge in [-0.2, -0.15) is 0 Å². The van der Waals surface area contributed by atoms with E-state index in [1.165, 1.54) is 45.6 Å². The third-order valence-electron chi connectivity index (χ3n) is 8.30. The van der Waals surface area contributed by atoms with E-state index in [1.807, 2.05) is 73.2 Å². The van der Waals surface area contributed by atoms with Gasteiger partial charge in [0.2, 0.25) is 0 Å². The van der Waals surface area contributed by atoms with E-state index < -0.39 is 0 Å². The summed E-state index contributed by atoms with van der Waals surface area (Å²) >= 11 is 0. The molecule has 3 nitrogen and oxygen atoms in total. The Kier molecular flexibility index (Phi) is 9.01. The quantitative estimate of drug-likeness (QED) is 0.169. The van der Waals surface area contributed by atoms with E-state index in [1.54, 1.807) is 6.07 Å². The maximum atomic E-state index is 13.3. The molecule has 5 heteroatoms. The first kappa shape index (κ1) is 31.1. The summed E-state index contributed by atoms with van der Waals surface area (Å²) in [6.07, 6.45) is 6.94. The molecule has 221 valence electrons. The molecule has 0 fully saturated rings. The van der Waals surface area contributed by atoms with Gasteiger partial charge in [0.15, 0.2) is 0 Å². The molecule has 3 heterocycles. The Labute approximate surface area is 272 Å². The third kappa shape index (κ3) is 5.91. The second kappa shape index (κ2) is 12.7. The Hall–Kier alpha value is -4.31. The van der Waals surface area contributed by atoms with Gasteiger partial charge in [0.1, 0.15) is 5.82 Å². The largest absolute Gasteiger partial charge is 0.305 e. The topological polar surface area (TPSA) is 38.7 Å². The first-order valence-electron chi connectivity index (χ1n) is 14.4. The van der Waals surface area contributed by atoms with E-state index in [-0.39, 0.29) is 36.8 Å². The zero-order valence-corrected chi connectivity index (χ0v) is 27.5. The van der Waals surface area contributed by atoms with E-state index in [0.717, 1.165) is 22.5 Å². The van der Waals surface area contributed by atoms with Gasteiger partial charge in [0, 0.05) is 38.7 Å². The summed E-state index contributed by atoms with van der Waals surface area (Å²) in [5.41, 5.74) is 10.6.